The summed E-state index contributed by atoms with van der Waals surface area (Å²) in [4.78, 5) is 0. The van der Waals surface area contributed by atoms with E-state index in [0.717, 1.165) is 25.6 Å². The number of hydrogen-bond donors (Lipinski definition) is 2. The van der Waals surface area contributed by atoms with Gasteiger partial charge in [0.15, 0.2) is 0 Å². The van der Waals surface area contributed by atoms with Gasteiger partial charge in [-0.25, -0.2) is 0 Å². The van der Waals surface area contributed by atoms with E-state index in [1.165, 1.54) is 6.42 Å². The van der Waals surface area contributed by atoms with Gasteiger partial charge < -0.3 is 0 Å². The smallest absolute Gasteiger partial charge is 0.291 e. The molecular formula is C6H14N3+. The number of nitrogens with one attached hydrogen (secondary N) is 1. The second-order valence-electron chi connectivity index (χ2n) is 2.25. The summed E-state index contributed by atoms with van der Waals surface area (Å²) < 4.78 is 2.14. The van der Waals surface area contributed by atoms with Crippen LogP contribution in [0.1, 0.15) is 13.3 Å². The highest BCUT2D eigenvalue weighted by molar-refractivity contribution is 5.72. The highest BCUT2D eigenvalue weighted by atomic mass is 15.2. The normalized spacial score (nSPS) is 19.7. The Hall–Kier alpha value is -0.730. The van der Waals surface area contributed by atoms with Crippen LogP contribution in [0.3, 0.4) is 0 Å². The van der Waals surface area contributed by atoms with Crippen LogP contribution in [0.4, 0.5) is 0 Å². The summed E-state index contributed by atoms with van der Waals surface area (Å²) in [6.45, 7) is 5.26. The maximum absolute atomic E-state index is 5.62. The van der Waals surface area contributed by atoms with Crippen molar-refractivity contribution in [1.29, 1.82) is 0 Å². The van der Waals surface area contributed by atoms with Crippen molar-refractivity contribution in [2.45, 2.75) is 13.3 Å². The van der Waals surface area contributed by atoms with Gasteiger partial charge in [-0.15, -0.1) is 0 Å². The van der Waals surface area contributed by atoms with Crippen LogP contribution in [-0.4, -0.2) is 30.2 Å². The van der Waals surface area contributed by atoms with Crippen molar-refractivity contribution >= 4 is 5.96 Å². The zero-order valence-corrected chi connectivity index (χ0v) is 5.85. The molecule has 0 saturated heterocycles. The largest absolute Gasteiger partial charge is 0.343 e. The summed E-state index contributed by atoms with van der Waals surface area (Å²) in [5.41, 5.74) is 5.62. The van der Waals surface area contributed by atoms with Crippen molar-refractivity contribution < 1.29 is 4.58 Å². The highest BCUT2D eigenvalue weighted by Crippen LogP contribution is 1.86. The third kappa shape index (κ3) is 1.34. The van der Waals surface area contributed by atoms with Gasteiger partial charge in [0.2, 0.25) is 0 Å². The summed E-state index contributed by atoms with van der Waals surface area (Å²) in [7, 11) is 0. The predicted molar refractivity (Wildman–Crippen MR) is 37.5 cm³/mol. The quantitative estimate of drug-likeness (QED) is 0.460. The second-order valence-corrected chi connectivity index (χ2v) is 2.25. The lowest BCUT2D eigenvalue weighted by Gasteiger charge is -2.13. The third-order valence-electron chi connectivity index (χ3n) is 1.63. The van der Waals surface area contributed by atoms with Gasteiger partial charge in [0, 0.05) is 6.42 Å². The zero-order chi connectivity index (χ0) is 6.69. The summed E-state index contributed by atoms with van der Waals surface area (Å²) in [5.74, 6) is 0.837. The van der Waals surface area contributed by atoms with Crippen LogP contribution in [0.2, 0.25) is 0 Å². The van der Waals surface area contributed by atoms with Gasteiger partial charge in [0.05, 0.1) is 19.6 Å². The standard InChI is InChI=1S/C6H13N3/c1-2-9-5-3-4-8-6(9)7/h2-5H2,1H3,(H2,7,8)/p+1. The Morgan fingerprint density at radius 3 is 3.00 bits per heavy atom. The van der Waals surface area contributed by atoms with E-state index >= 15 is 0 Å². The molecule has 0 aromatic heterocycles. The van der Waals surface area contributed by atoms with E-state index in [0.29, 0.717) is 0 Å². The van der Waals surface area contributed by atoms with Gasteiger partial charge in [0.25, 0.3) is 0 Å². The van der Waals surface area contributed by atoms with Gasteiger partial charge >= 0.3 is 5.96 Å². The molecule has 3 nitrogen and oxygen atoms in total. The molecule has 0 spiro atoms. The second kappa shape index (κ2) is 2.71. The van der Waals surface area contributed by atoms with Crippen LogP contribution < -0.4 is 11.1 Å². The number of nitrogens with zero attached hydrogens (tertiary/aromatic N) is 1. The van der Waals surface area contributed by atoms with E-state index in [1.54, 1.807) is 0 Å². The fourth-order valence-electron chi connectivity index (χ4n) is 1.05. The van der Waals surface area contributed by atoms with Crippen molar-refractivity contribution in [3.8, 4) is 0 Å². The molecular weight excluding hydrogens is 114 g/mol. The molecule has 0 atom stereocenters. The molecule has 52 valence electrons. The number of nitrogens with two attached hydrogens (primary N) is 1. The SMILES string of the molecule is CC[N+]1=C(N)NCCC1. The van der Waals surface area contributed by atoms with Gasteiger partial charge in [-0.1, -0.05) is 0 Å². The van der Waals surface area contributed by atoms with Crippen molar-refractivity contribution in [2.75, 3.05) is 19.6 Å². The molecule has 1 aliphatic heterocycles. The van der Waals surface area contributed by atoms with Crippen LogP contribution in [0.15, 0.2) is 0 Å². The Labute approximate surface area is 55.6 Å². The highest BCUT2D eigenvalue weighted by Gasteiger charge is 2.10. The molecule has 3 N–H and O–H groups in total. The summed E-state index contributed by atoms with van der Waals surface area (Å²) in [6.07, 6.45) is 1.20. The number of guanidine groups is 1. The predicted octanol–water partition coefficient (Wildman–Crippen LogP) is -0.673. The Kier molecular flexibility index (Phi) is 1.92. The first kappa shape index (κ1) is 6.39. The minimum Gasteiger partial charge on any atom is -0.291 e. The molecule has 0 radical (unpaired) electrons. The van der Waals surface area contributed by atoms with E-state index in [9.17, 15) is 0 Å². The lowest BCUT2D eigenvalue weighted by Crippen LogP contribution is -2.45. The van der Waals surface area contributed by atoms with Crippen LogP contribution >= 0.6 is 0 Å². The molecule has 0 amide bonds. The molecule has 1 rings (SSSR count). The summed E-state index contributed by atoms with van der Waals surface area (Å²) in [5, 5.41) is 3.10. The summed E-state index contributed by atoms with van der Waals surface area (Å²) >= 11 is 0. The first-order valence-corrected chi connectivity index (χ1v) is 3.46. The van der Waals surface area contributed by atoms with E-state index in [2.05, 4.69) is 16.8 Å². The van der Waals surface area contributed by atoms with E-state index in [-0.39, 0.29) is 0 Å². The average Bonchev–Trinajstić information content (AvgIpc) is 1.89. The Bertz CT molecular complexity index is 128. The van der Waals surface area contributed by atoms with Gasteiger partial charge in [0.1, 0.15) is 0 Å². The van der Waals surface area contributed by atoms with E-state index < -0.39 is 0 Å². The molecule has 0 aromatic carbocycles. The fraction of sp³-hybridized carbons (Fsp3) is 0.833. The van der Waals surface area contributed by atoms with Gasteiger partial charge in [-0.05, 0) is 6.92 Å². The lowest BCUT2D eigenvalue weighted by molar-refractivity contribution is -0.531. The lowest BCUT2D eigenvalue weighted by atomic mass is 10.3. The number of hydrogen-bond acceptors (Lipinski definition) is 2. The van der Waals surface area contributed by atoms with Crippen LogP contribution in [0.25, 0.3) is 0 Å². The van der Waals surface area contributed by atoms with E-state index in [1.807, 2.05) is 0 Å². The maximum Gasteiger partial charge on any atom is 0.343 e. The molecule has 1 heterocycles. The zero-order valence-electron chi connectivity index (χ0n) is 5.85. The van der Waals surface area contributed by atoms with Crippen molar-refractivity contribution in [3.05, 3.63) is 0 Å². The Morgan fingerprint density at radius 1 is 1.78 bits per heavy atom. The first-order chi connectivity index (χ1) is 4.34. The van der Waals surface area contributed by atoms with Gasteiger partial charge in [-0.2, -0.15) is 0 Å². The summed E-state index contributed by atoms with van der Waals surface area (Å²) in [6, 6.07) is 0. The van der Waals surface area contributed by atoms with Crippen molar-refractivity contribution in [1.82, 2.24) is 5.32 Å². The molecule has 0 unspecified atom stereocenters. The van der Waals surface area contributed by atoms with Crippen molar-refractivity contribution in [2.24, 2.45) is 5.73 Å². The molecule has 0 saturated carbocycles. The topological polar surface area (TPSA) is 41.1 Å². The van der Waals surface area contributed by atoms with Gasteiger partial charge in [-0.3, -0.25) is 15.6 Å². The molecule has 0 fully saturated rings. The minimum absolute atomic E-state index is 0.837. The molecule has 9 heavy (non-hydrogen) atoms. The van der Waals surface area contributed by atoms with Crippen LogP contribution in [-0.2, 0) is 0 Å². The van der Waals surface area contributed by atoms with Crippen LogP contribution in [0, 0.1) is 0 Å². The van der Waals surface area contributed by atoms with Crippen molar-refractivity contribution in [3.63, 3.8) is 0 Å². The maximum atomic E-state index is 5.62. The van der Waals surface area contributed by atoms with Crippen LogP contribution in [0.5, 0.6) is 0 Å². The molecule has 1 aliphatic rings. The van der Waals surface area contributed by atoms with E-state index in [4.69, 9.17) is 5.73 Å². The molecule has 3 heteroatoms. The first-order valence-electron chi connectivity index (χ1n) is 3.46. The molecule has 0 aliphatic carbocycles. The molecule has 0 bridgehead atoms. The Morgan fingerprint density at radius 2 is 2.56 bits per heavy atom. The number of rotatable bonds is 1. The average molecular weight is 128 g/mol. The monoisotopic (exact) mass is 128 g/mol. The minimum atomic E-state index is 0.837. The Balaban J connectivity index is 2.59. The molecule has 0 aromatic rings. The fourth-order valence-corrected chi connectivity index (χ4v) is 1.05. The third-order valence-corrected chi connectivity index (χ3v) is 1.63.